The van der Waals surface area contributed by atoms with Gasteiger partial charge in [0.15, 0.2) is 5.82 Å². The number of nitrogens with zero attached hydrogens (tertiary/aromatic N) is 4. The summed E-state index contributed by atoms with van der Waals surface area (Å²) in [6, 6.07) is 12.3. The predicted octanol–water partition coefficient (Wildman–Crippen LogP) is 2.39. The fourth-order valence-electron chi connectivity index (χ4n) is 4.51. The first kappa shape index (κ1) is 22.9. The highest BCUT2D eigenvalue weighted by Gasteiger charge is 2.39. The van der Waals surface area contributed by atoms with E-state index in [0.29, 0.717) is 17.7 Å². The van der Waals surface area contributed by atoms with Gasteiger partial charge in [-0.25, -0.2) is 0 Å². The number of aliphatic hydroxyl groups excluding tert-OH is 1. The van der Waals surface area contributed by atoms with E-state index in [1.807, 2.05) is 18.2 Å². The van der Waals surface area contributed by atoms with E-state index in [2.05, 4.69) is 27.9 Å². The maximum atomic E-state index is 12.3. The third kappa shape index (κ3) is 5.23. The summed E-state index contributed by atoms with van der Waals surface area (Å²) >= 11 is 0. The molecule has 9 nitrogen and oxygen atoms in total. The van der Waals surface area contributed by atoms with Crippen LogP contribution in [0.25, 0.3) is 0 Å². The molecule has 33 heavy (non-hydrogen) atoms. The van der Waals surface area contributed by atoms with Crippen LogP contribution in [0.5, 0.6) is 0 Å². The highest BCUT2D eigenvalue weighted by atomic mass is 16.3. The molecule has 2 fully saturated rings. The van der Waals surface area contributed by atoms with Gasteiger partial charge in [0.1, 0.15) is 6.23 Å². The Morgan fingerprint density at radius 3 is 2.70 bits per heavy atom. The number of amides is 1. The number of carbonyl (C=O) groups excluding carboxylic acids is 1. The van der Waals surface area contributed by atoms with Gasteiger partial charge in [-0.3, -0.25) is 9.48 Å². The topological polar surface area (TPSA) is 153 Å². The molecule has 2 aromatic rings. The summed E-state index contributed by atoms with van der Waals surface area (Å²) in [7, 11) is 0. The zero-order chi connectivity index (χ0) is 23.4. The van der Waals surface area contributed by atoms with Crippen molar-refractivity contribution in [1.82, 2.24) is 15.1 Å². The minimum absolute atomic E-state index is 0.00125. The molecule has 0 radical (unpaired) electrons. The Labute approximate surface area is 193 Å². The quantitative estimate of drug-likeness (QED) is 0.453. The van der Waals surface area contributed by atoms with Gasteiger partial charge in [0, 0.05) is 24.7 Å². The van der Waals surface area contributed by atoms with E-state index in [4.69, 9.17) is 11.0 Å². The van der Waals surface area contributed by atoms with Gasteiger partial charge in [-0.15, -0.1) is 0 Å². The molecule has 1 unspecified atom stereocenters. The van der Waals surface area contributed by atoms with Gasteiger partial charge in [-0.2, -0.15) is 15.6 Å². The SMILES string of the molecule is N#CCC1(n2cc(C(N)O)c(NC(=O)C3CC3)n2)CCC(NCc2cccc(C#N)c2)CC1. The van der Waals surface area contributed by atoms with Crippen LogP contribution in [-0.4, -0.2) is 26.8 Å². The molecule has 1 amide bonds. The molecule has 1 aromatic heterocycles. The summed E-state index contributed by atoms with van der Waals surface area (Å²) in [5, 5.41) is 39.6. The van der Waals surface area contributed by atoms with Crippen LogP contribution >= 0.6 is 0 Å². The number of nitrogens with two attached hydrogens (primary N) is 1. The molecule has 5 N–H and O–H groups in total. The maximum absolute atomic E-state index is 12.3. The summed E-state index contributed by atoms with van der Waals surface area (Å²) in [6.45, 7) is 0.675. The van der Waals surface area contributed by atoms with E-state index < -0.39 is 11.8 Å². The van der Waals surface area contributed by atoms with Crippen molar-refractivity contribution >= 4 is 11.7 Å². The molecule has 9 heteroatoms. The summed E-state index contributed by atoms with van der Waals surface area (Å²) in [5.74, 6) is 0.169. The molecule has 0 spiro atoms. The summed E-state index contributed by atoms with van der Waals surface area (Å²) < 4.78 is 1.73. The minimum atomic E-state index is -1.27. The van der Waals surface area contributed by atoms with Crippen LogP contribution in [0.4, 0.5) is 5.82 Å². The average Bonchev–Trinajstić information content (AvgIpc) is 3.59. The fourth-order valence-corrected chi connectivity index (χ4v) is 4.51. The Bertz CT molecular complexity index is 1080. The molecule has 1 aromatic carbocycles. The number of nitrogens with one attached hydrogen (secondary N) is 2. The first-order valence-corrected chi connectivity index (χ1v) is 11.4. The van der Waals surface area contributed by atoms with E-state index in [1.54, 1.807) is 16.9 Å². The Morgan fingerprint density at radius 1 is 1.30 bits per heavy atom. The average molecular weight is 448 g/mol. The molecule has 2 aliphatic rings. The second-order valence-corrected chi connectivity index (χ2v) is 9.11. The molecule has 2 aliphatic carbocycles. The Balaban J connectivity index is 1.45. The second kappa shape index (κ2) is 9.72. The van der Waals surface area contributed by atoms with E-state index in [1.165, 1.54) is 0 Å². The number of anilines is 1. The van der Waals surface area contributed by atoms with Crippen molar-refractivity contribution in [3.05, 3.63) is 47.2 Å². The summed E-state index contributed by atoms with van der Waals surface area (Å²) in [4.78, 5) is 12.3. The van der Waals surface area contributed by atoms with Gasteiger partial charge in [0.2, 0.25) is 5.91 Å². The Morgan fingerprint density at radius 2 is 2.06 bits per heavy atom. The molecular formula is C24H29N7O2. The molecular weight excluding hydrogens is 418 g/mol. The van der Waals surface area contributed by atoms with E-state index >= 15 is 0 Å². The van der Waals surface area contributed by atoms with Crippen LogP contribution < -0.4 is 16.4 Å². The molecule has 1 atom stereocenters. The third-order valence-corrected chi connectivity index (χ3v) is 6.71. The Kier molecular flexibility index (Phi) is 6.75. The molecule has 0 bridgehead atoms. The summed E-state index contributed by atoms with van der Waals surface area (Å²) in [5.41, 5.74) is 7.29. The van der Waals surface area contributed by atoms with Crippen LogP contribution in [0.1, 0.15) is 67.9 Å². The van der Waals surface area contributed by atoms with Crippen molar-refractivity contribution in [1.29, 1.82) is 10.5 Å². The van der Waals surface area contributed by atoms with Gasteiger partial charge < -0.3 is 21.5 Å². The minimum Gasteiger partial charge on any atom is -0.374 e. The number of carbonyl (C=O) groups is 1. The molecule has 4 rings (SSSR count). The van der Waals surface area contributed by atoms with Crippen LogP contribution in [0.3, 0.4) is 0 Å². The zero-order valence-electron chi connectivity index (χ0n) is 18.5. The lowest BCUT2D eigenvalue weighted by atomic mass is 9.77. The predicted molar refractivity (Wildman–Crippen MR) is 121 cm³/mol. The number of aromatic nitrogens is 2. The third-order valence-electron chi connectivity index (χ3n) is 6.71. The van der Waals surface area contributed by atoms with Gasteiger partial charge in [-0.1, -0.05) is 12.1 Å². The van der Waals surface area contributed by atoms with Crippen LogP contribution in [0.2, 0.25) is 0 Å². The molecule has 1 heterocycles. The van der Waals surface area contributed by atoms with Crippen molar-refractivity contribution < 1.29 is 9.90 Å². The van der Waals surface area contributed by atoms with Gasteiger partial charge in [0.05, 0.1) is 35.2 Å². The highest BCUT2D eigenvalue weighted by molar-refractivity contribution is 5.93. The first-order valence-electron chi connectivity index (χ1n) is 11.4. The lowest BCUT2D eigenvalue weighted by Gasteiger charge is -2.39. The van der Waals surface area contributed by atoms with Gasteiger partial charge in [-0.05, 0) is 56.2 Å². The monoisotopic (exact) mass is 447 g/mol. The lowest BCUT2D eigenvalue weighted by Crippen LogP contribution is -2.43. The maximum Gasteiger partial charge on any atom is 0.228 e. The van der Waals surface area contributed by atoms with Crippen LogP contribution in [-0.2, 0) is 16.9 Å². The Hall–Kier alpha value is -3.24. The number of hydrogen-bond acceptors (Lipinski definition) is 7. The summed E-state index contributed by atoms with van der Waals surface area (Å²) in [6.07, 6.45) is 5.57. The largest absolute Gasteiger partial charge is 0.374 e. The number of nitriles is 2. The highest BCUT2D eigenvalue weighted by Crippen LogP contribution is 2.39. The smallest absolute Gasteiger partial charge is 0.228 e. The number of hydrogen-bond donors (Lipinski definition) is 4. The zero-order valence-corrected chi connectivity index (χ0v) is 18.5. The molecule has 0 saturated heterocycles. The van der Waals surface area contributed by atoms with Crippen molar-refractivity contribution in [2.75, 3.05) is 5.32 Å². The van der Waals surface area contributed by atoms with E-state index in [0.717, 1.165) is 44.1 Å². The van der Waals surface area contributed by atoms with E-state index in [-0.39, 0.29) is 30.1 Å². The molecule has 2 saturated carbocycles. The molecule has 172 valence electrons. The first-order chi connectivity index (χ1) is 15.9. The normalized spacial score (nSPS) is 23.3. The number of aliphatic hydroxyl groups is 1. The van der Waals surface area contributed by atoms with Crippen LogP contribution in [0, 0.1) is 28.6 Å². The number of benzene rings is 1. The van der Waals surface area contributed by atoms with Crippen molar-refractivity contribution in [2.24, 2.45) is 11.7 Å². The van der Waals surface area contributed by atoms with Gasteiger partial charge >= 0.3 is 0 Å². The van der Waals surface area contributed by atoms with Crippen LogP contribution in [0.15, 0.2) is 30.5 Å². The standard InChI is InChI=1S/C24H29N7O2/c25-11-10-24(31-15-20(21(27)32)22(30-31)29-23(33)18-4-5-18)8-6-19(7-9-24)28-14-17-3-1-2-16(12-17)13-26/h1-3,12,15,18-19,21,28,32H,4-10,14,27H2,(H,29,30,33). The molecule has 0 aliphatic heterocycles. The van der Waals surface area contributed by atoms with Crippen molar-refractivity contribution in [2.45, 2.75) is 69.3 Å². The van der Waals surface area contributed by atoms with E-state index in [9.17, 15) is 15.2 Å². The lowest BCUT2D eigenvalue weighted by molar-refractivity contribution is -0.117. The van der Waals surface area contributed by atoms with Crippen molar-refractivity contribution in [3.63, 3.8) is 0 Å². The van der Waals surface area contributed by atoms with Gasteiger partial charge in [0.25, 0.3) is 0 Å². The number of rotatable bonds is 8. The fraction of sp³-hybridized carbons (Fsp3) is 0.500. The van der Waals surface area contributed by atoms with Crippen molar-refractivity contribution in [3.8, 4) is 12.1 Å². The second-order valence-electron chi connectivity index (χ2n) is 9.11.